The fourth-order valence-electron chi connectivity index (χ4n) is 2.94. The first kappa shape index (κ1) is 21.3. The second-order valence-electron chi connectivity index (χ2n) is 6.53. The molecule has 0 aliphatic rings. The Labute approximate surface area is 186 Å². The van der Waals surface area contributed by atoms with Gasteiger partial charge in [-0.2, -0.15) is 9.78 Å². The Balaban J connectivity index is 1.68. The van der Waals surface area contributed by atoms with E-state index in [1.807, 2.05) is 0 Å². The van der Waals surface area contributed by atoms with Gasteiger partial charge < -0.3 is 20.3 Å². The van der Waals surface area contributed by atoms with Crippen LogP contribution in [0.5, 0.6) is 17.2 Å². The van der Waals surface area contributed by atoms with Crippen molar-refractivity contribution >= 4 is 17.9 Å². The summed E-state index contributed by atoms with van der Waals surface area (Å²) < 4.78 is 16.2. The Hall–Kier alpha value is -4.94. The number of nitrogens with two attached hydrogens (primary N) is 1. The third-order valence-corrected chi connectivity index (χ3v) is 4.51. The maximum Gasteiger partial charge on any atom is 0.294 e. The van der Waals surface area contributed by atoms with E-state index in [9.17, 15) is 9.90 Å². The molecule has 0 saturated carbocycles. The molecule has 4 aromatic rings. The van der Waals surface area contributed by atoms with Crippen LogP contribution in [0.1, 0.15) is 16.1 Å². The summed E-state index contributed by atoms with van der Waals surface area (Å²) in [5.74, 6) is 0.204. The maximum absolute atomic E-state index is 12.9. The first-order valence-electron chi connectivity index (χ1n) is 9.40. The normalized spacial score (nSPS) is 11.0. The van der Waals surface area contributed by atoms with Crippen LogP contribution in [0, 0.1) is 0 Å². The van der Waals surface area contributed by atoms with E-state index in [2.05, 4.69) is 35.8 Å². The minimum Gasteiger partial charge on any atom is -0.504 e. The minimum atomic E-state index is -0.643. The summed E-state index contributed by atoms with van der Waals surface area (Å²) in [7, 11) is 2.95. The number of anilines is 1. The third kappa shape index (κ3) is 4.27. The summed E-state index contributed by atoms with van der Waals surface area (Å²) in [6, 6.07) is 11.5. The first-order chi connectivity index (χ1) is 16.0. The highest BCUT2D eigenvalue weighted by Crippen LogP contribution is 2.29. The zero-order valence-electron chi connectivity index (χ0n) is 17.5. The second-order valence-corrected chi connectivity index (χ2v) is 6.53. The van der Waals surface area contributed by atoms with Gasteiger partial charge in [0.2, 0.25) is 11.6 Å². The molecular weight excluding hydrogens is 432 g/mol. The van der Waals surface area contributed by atoms with Crippen molar-refractivity contribution in [2.75, 3.05) is 20.0 Å². The summed E-state index contributed by atoms with van der Waals surface area (Å²) in [4.78, 5) is 12.9. The molecule has 0 radical (unpaired) electrons. The molecule has 0 fully saturated rings. The summed E-state index contributed by atoms with van der Waals surface area (Å²) in [6.45, 7) is 0. The molecule has 4 rings (SSSR count). The highest BCUT2D eigenvalue weighted by atomic mass is 16.6. The Morgan fingerprint density at radius 1 is 1.21 bits per heavy atom. The lowest BCUT2D eigenvalue weighted by molar-refractivity contribution is 0.0950. The number of phenolic OH excluding ortho intramolecular Hbond substituents is 1. The van der Waals surface area contributed by atoms with Crippen LogP contribution in [0.3, 0.4) is 0 Å². The van der Waals surface area contributed by atoms with Crippen LogP contribution in [-0.2, 0) is 0 Å². The van der Waals surface area contributed by atoms with Crippen LogP contribution in [0.2, 0.25) is 0 Å². The number of phenols is 1. The Morgan fingerprint density at radius 2 is 2.06 bits per heavy atom. The Morgan fingerprint density at radius 3 is 2.79 bits per heavy atom. The van der Waals surface area contributed by atoms with Gasteiger partial charge in [-0.15, -0.1) is 5.10 Å². The van der Waals surface area contributed by atoms with Gasteiger partial charge in [-0.25, -0.2) is 10.1 Å². The zero-order chi connectivity index (χ0) is 23.4. The molecule has 2 aromatic heterocycles. The number of aromatic hydroxyl groups is 1. The third-order valence-electron chi connectivity index (χ3n) is 4.51. The standard InChI is InChI=1S/C20H18N8O5/c1-31-13-5-3-4-12(9-13)17-16(23-27-28(17)19-18(21)25-33-26-19)20(30)24-22-10-11-6-7-14(29)15(8-11)32-2/h3-10,29H,1-2H3,(H2,21,25)(H,24,30)/b22-10-. The largest absolute Gasteiger partial charge is 0.504 e. The van der Waals surface area contributed by atoms with Gasteiger partial charge in [0.15, 0.2) is 17.2 Å². The molecule has 2 aromatic carbocycles. The lowest BCUT2D eigenvalue weighted by Crippen LogP contribution is -2.19. The van der Waals surface area contributed by atoms with E-state index in [4.69, 9.17) is 15.2 Å². The molecule has 0 aliphatic carbocycles. The van der Waals surface area contributed by atoms with Gasteiger partial charge in [0.25, 0.3) is 5.91 Å². The minimum absolute atomic E-state index is 0.0140. The van der Waals surface area contributed by atoms with Gasteiger partial charge in [-0.3, -0.25) is 4.79 Å². The number of nitrogens with one attached hydrogen (secondary N) is 1. The van der Waals surface area contributed by atoms with E-state index in [0.717, 1.165) is 0 Å². The van der Waals surface area contributed by atoms with Crippen molar-refractivity contribution in [1.82, 2.24) is 30.7 Å². The maximum atomic E-state index is 12.9. The molecule has 1 amide bonds. The number of nitrogens with zero attached hydrogens (tertiary/aromatic N) is 6. The number of hydrogen-bond donors (Lipinski definition) is 3. The number of hydrogen-bond acceptors (Lipinski definition) is 11. The second kappa shape index (κ2) is 9.05. The van der Waals surface area contributed by atoms with Gasteiger partial charge in [0, 0.05) is 5.56 Å². The van der Waals surface area contributed by atoms with Gasteiger partial charge in [0.05, 0.1) is 20.4 Å². The number of hydrazone groups is 1. The zero-order valence-corrected chi connectivity index (χ0v) is 17.5. The van der Waals surface area contributed by atoms with Crippen molar-refractivity contribution in [2.24, 2.45) is 5.10 Å². The quantitative estimate of drug-likeness (QED) is 0.275. The topological polar surface area (TPSA) is 176 Å². The average Bonchev–Trinajstić information content (AvgIpc) is 3.46. The molecule has 4 N–H and O–H groups in total. The van der Waals surface area contributed by atoms with Crippen LogP contribution in [0.4, 0.5) is 5.82 Å². The lowest BCUT2D eigenvalue weighted by Gasteiger charge is -2.07. The van der Waals surface area contributed by atoms with Crippen LogP contribution >= 0.6 is 0 Å². The van der Waals surface area contributed by atoms with E-state index < -0.39 is 5.91 Å². The van der Waals surface area contributed by atoms with E-state index >= 15 is 0 Å². The van der Waals surface area contributed by atoms with E-state index in [-0.39, 0.29) is 34.5 Å². The molecule has 0 spiro atoms. The van der Waals surface area contributed by atoms with Crippen molar-refractivity contribution in [3.8, 4) is 34.3 Å². The molecule has 0 bridgehead atoms. The number of aromatic nitrogens is 5. The van der Waals surface area contributed by atoms with Crippen LogP contribution in [0.25, 0.3) is 17.1 Å². The summed E-state index contributed by atoms with van der Waals surface area (Å²) in [6.07, 6.45) is 1.38. The molecule has 13 heteroatoms. The van der Waals surface area contributed by atoms with Gasteiger partial charge >= 0.3 is 0 Å². The molecule has 13 nitrogen and oxygen atoms in total. The molecule has 0 atom stereocenters. The SMILES string of the molecule is COc1cccc(-c2c(C(=O)N/N=C\c3ccc(O)c(OC)c3)nnn2-c2nonc2N)c1. The van der Waals surface area contributed by atoms with Gasteiger partial charge in [-0.1, -0.05) is 17.3 Å². The number of carbonyl (C=O) groups is 1. The molecule has 33 heavy (non-hydrogen) atoms. The number of amides is 1. The fraction of sp³-hybridized carbons (Fsp3) is 0.100. The van der Waals surface area contributed by atoms with Gasteiger partial charge in [0.1, 0.15) is 11.4 Å². The number of nitrogen functional groups attached to an aromatic ring is 1. The predicted molar refractivity (Wildman–Crippen MR) is 115 cm³/mol. The molecule has 2 heterocycles. The van der Waals surface area contributed by atoms with Crippen LogP contribution < -0.4 is 20.6 Å². The van der Waals surface area contributed by atoms with Crippen LogP contribution in [-0.4, -0.2) is 56.8 Å². The van der Waals surface area contributed by atoms with Crippen molar-refractivity contribution < 1.29 is 24.0 Å². The van der Waals surface area contributed by atoms with E-state index in [1.165, 1.54) is 31.2 Å². The highest BCUT2D eigenvalue weighted by molar-refractivity contribution is 5.99. The van der Waals surface area contributed by atoms with E-state index in [0.29, 0.717) is 16.9 Å². The number of benzene rings is 2. The highest BCUT2D eigenvalue weighted by Gasteiger charge is 2.25. The molecule has 0 unspecified atom stereocenters. The smallest absolute Gasteiger partial charge is 0.294 e. The number of methoxy groups -OCH3 is 2. The van der Waals surface area contributed by atoms with E-state index in [1.54, 1.807) is 36.4 Å². The molecule has 0 aliphatic heterocycles. The number of carbonyl (C=O) groups excluding carboxylic acids is 1. The monoisotopic (exact) mass is 450 g/mol. The molecule has 168 valence electrons. The van der Waals surface area contributed by atoms with Crippen molar-refractivity contribution in [2.45, 2.75) is 0 Å². The fourth-order valence-corrected chi connectivity index (χ4v) is 2.94. The predicted octanol–water partition coefficient (Wildman–Crippen LogP) is 1.39. The summed E-state index contributed by atoms with van der Waals surface area (Å²) in [5, 5.41) is 28.9. The molecule has 0 saturated heterocycles. The van der Waals surface area contributed by atoms with Crippen LogP contribution in [0.15, 0.2) is 52.2 Å². The lowest BCUT2D eigenvalue weighted by atomic mass is 10.1. The number of rotatable bonds is 7. The van der Waals surface area contributed by atoms with Crippen molar-refractivity contribution in [3.05, 3.63) is 53.7 Å². The summed E-state index contributed by atoms with van der Waals surface area (Å²) >= 11 is 0. The molecular formula is C20H18N8O5. The first-order valence-corrected chi connectivity index (χ1v) is 9.40. The Bertz CT molecular complexity index is 1330. The summed E-state index contributed by atoms with van der Waals surface area (Å²) in [5.41, 5.74) is 9.57. The van der Waals surface area contributed by atoms with Crippen molar-refractivity contribution in [3.63, 3.8) is 0 Å². The van der Waals surface area contributed by atoms with Gasteiger partial charge in [-0.05, 0) is 46.2 Å². The van der Waals surface area contributed by atoms with Crippen molar-refractivity contribution in [1.29, 1.82) is 0 Å². The Kier molecular flexibility index (Phi) is 5.84. The average molecular weight is 450 g/mol. The number of ether oxygens (including phenoxy) is 2.